The number of anilines is 1. The Morgan fingerprint density at radius 3 is 2.62 bits per heavy atom. The topological polar surface area (TPSA) is 45.7 Å². The quantitative estimate of drug-likeness (QED) is 0.498. The number of aromatic nitrogens is 1. The lowest BCUT2D eigenvalue weighted by molar-refractivity contribution is 0.0376. The van der Waals surface area contributed by atoms with E-state index in [0.29, 0.717) is 35.2 Å². The van der Waals surface area contributed by atoms with Crippen LogP contribution in [0.3, 0.4) is 0 Å². The lowest BCUT2D eigenvalue weighted by Crippen LogP contribution is -2.39. The van der Waals surface area contributed by atoms with E-state index in [1.165, 1.54) is 6.07 Å². The minimum absolute atomic E-state index is 0. The maximum absolute atomic E-state index is 14.2. The highest BCUT2D eigenvalue weighted by Crippen LogP contribution is 2.32. The molecule has 4 rings (SSSR count). The van der Waals surface area contributed by atoms with E-state index >= 15 is 0 Å². The summed E-state index contributed by atoms with van der Waals surface area (Å²) in [6.45, 7) is 8.40. The standard InChI is InChI=1S/C23H25F2N3O2S.ClH/c1-15-4-5-17(12-16(15)2)22(29)28(7-3-6-27-8-10-30-11-9-27)23-26-21-19(25)13-18(24)14-20(21)31-23;/h4-5,12-14H,3,6-11H2,1-2H3;1H. The maximum atomic E-state index is 14.2. The molecule has 32 heavy (non-hydrogen) atoms. The van der Waals surface area contributed by atoms with Crippen LogP contribution in [-0.4, -0.2) is 55.2 Å². The number of aryl methyl sites for hydroxylation is 2. The Morgan fingerprint density at radius 2 is 1.91 bits per heavy atom. The zero-order valence-electron chi connectivity index (χ0n) is 18.1. The molecule has 172 valence electrons. The van der Waals surface area contributed by atoms with Crippen molar-refractivity contribution in [3.8, 4) is 0 Å². The number of ether oxygens (including phenoxy) is 1. The highest BCUT2D eigenvalue weighted by atomic mass is 35.5. The minimum Gasteiger partial charge on any atom is -0.379 e. The van der Waals surface area contributed by atoms with Crippen molar-refractivity contribution in [3.63, 3.8) is 0 Å². The number of hydrogen-bond donors (Lipinski definition) is 0. The van der Waals surface area contributed by atoms with Gasteiger partial charge in [-0.05, 0) is 49.6 Å². The number of halogens is 3. The molecule has 1 aliphatic rings. The van der Waals surface area contributed by atoms with Crippen LogP contribution in [0.4, 0.5) is 13.9 Å². The third kappa shape index (κ3) is 5.43. The fourth-order valence-corrected chi connectivity index (χ4v) is 4.68. The average Bonchev–Trinajstić information content (AvgIpc) is 3.17. The summed E-state index contributed by atoms with van der Waals surface area (Å²) in [5, 5.41) is 0.379. The first-order valence-corrected chi connectivity index (χ1v) is 11.2. The molecule has 1 saturated heterocycles. The van der Waals surface area contributed by atoms with Crippen LogP contribution >= 0.6 is 23.7 Å². The van der Waals surface area contributed by atoms with E-state index in [1.54, 1.807) is 11.0 Å². The fraction of sp³-hybridized carbons (Fsp3) is 0.391. The number of carbonyl (C=O) groups excluding carboxylic acids is 1. The Morgan fingerprint density at radius 1 is 1.16 bits per heavy atom. The third-order valence-electron chi connectivity index (χ3n) is 5.59. The molecule has 0 aliphatic carbocycles. The second-order valence-corrected chi connectivity index (χ2v) is 8.80. The van der Waals surface area contributed by atoms with Gasteiger partial charge in [-0.3, -0.25) is 14.6 Å². The van der Waals surface area contributed by atoms with Gasteiger partial charge < -0.3 is 4.74 Å². The van der Waals surface area contributed by atoms with Crippen molar-refractivity contribution in [2.45, 2.75) is 20.3 Å². The van der Waals surface area contributed by atoms with E-state index < -0.39 is 11.6 Å². The van der Waals surface area contributed by atoms with Crippen LogP contribution in [0.25, 0.3) is 10.2 Å². The van der Waals surface area contributed by atoms with Gasteiger partial charge in [-0.2, -0.15) is 0 Å². The average molecular weight is 482 g/mol. The van der Waals surface area contributed by atoms with Gasteiger partial charge in [-0.15, -0.1) is 12.4 Å². The number of fused-ring (bicyclic) bond motifs is 1. The van der Waals surface area contributed by atoms with E-state index in [-0.39, 0.29) is 23.8 Å². The number of thiazole rings is 1. The Labute approximate surface area is 196 Å². The van der Waals surface area contributed by atoms with Crippen LogP contribution in [0.2, 0.25) is 0 Å². The summed E-state index contributed by atoms with van der Waals surface area (Å²) >= 11 is 1.13. The zero-order valence-corrected chi connectivity index (χ0v) is 19.7. The summed E-state index contributed by atoms with van der Waals surface area (Å²) in [5.41, 5.74) is 2.78. The third-order valence-corrected chi connectivity index (χ3v) is 6.62. The molecule has 1 amide bonds. The first-order valence-electron chi connectivity index (χ1n) is 10.4. The second-order valence-electron chi connectivity index (χ2n) is 7.79. The molecular formula is C23H26ClF2N3O2S. The molecule has 5 nitrogen and oxygen atoms in total. The lowest BCUT2D eigenvalue weighted by Gasteiger charge is -2.27. The SMILES string of the molecule is Cc1ccc(C(=O)N(CCCN2CCOCC2)c2nc3c(F)cc(F)cc3s2)cc1C.Cl. The van der Waals surface area contributed by atoms with Crippen LogP contribution in [-0.2, 0) is 4.74 Å². The Bertz CT molecular complexity index is 1100. The van der Waals surface area contributed by atoms with Gasteiger partial charge in [0.2, 0.25) is 0 Å². The number of carbonyl (C=O) groups is 1. The molecule has 2 aromatic carbocycles. The van der Waals surface area contributed by atoms with Gasteiger partial charge in [0.15, 0.2) is 10.9 Å². The highest BCUT2D eigenvalue weighted by molar-refractivity contribution is 7.22. The summed E-state index contributed by atoms with van der Waals surface area (Å²) in [5.74, 6) is -1.56. The highest BCUT2D eigenvalue weighted by Gasteiger charge is 2.23. The van der Waals surface area contributed by atoms with Gasteiger partial charge in [0.25, 0.3) is 5.91 Å². The molecule has 0 saturated carbocycles. The molecule has 0 bridgehead atoms. The Kier molecular flexibility index (Phi) is 8.16. The van der Waals surface area contributed by atoms with Crippen LogP contribution in [0, 0.1) is 25.5 Å². The summed E-state index contributed by atoms with van der Waals surface area (Å²) in [7, 11) is 0. The van der Waals surface area contributed by atoms with Gasteiger partial charge >= 0.3 is 0 Å². The van der Waals surface area contributed by atoms with E-state index in [2.05, 4.69) is 9.88 Å². The molecule has 9 heteroatoms. The minimum atomic E-state index is -0.718. The van der Waals surface area contributed by atoms with E-state index in [4.69, 9.17) is 4.74 Å². The number of amides is 1. The number of hydrogen-bond acceptors (Lipinski definition) is 5. The van der Waals surface area contributed by atoms with E-state index in [1.807, 2.05) is 26.0 Å². The van der Waals surface area contributed by atoms with Crippen molar-refractivity contribution in [2.75, 3.05) is 44.3 Å². The lowest BCUT2D eigenvalue weighted by atomic mass is 10.1. The molecular weight excluding hydrogens is 456 g/mol. The number of nitrogens with zero attached hydrogens (tertiary/aromatic N) is 3. The van der Waals surface area contributed by atoms with Crippen LogP contribution in [0.5, 0.6) is 0 Å². The smallest absolute Gasteiger partial charge is 0.260 e. The first kappa shape index (κ1) is 24.5. The van der Waals surface area contributed by atoms with Crippen LogP contribution in [0.15, 0.2) is 30.3 Å². The number of morpholine rings is 1. The summed E-state index contributed by atoms with van der Waals surface area (Å²) in [6.07, 6.45) is 0.739. The molecule has 0 N–H and O–H groups in total. The summed E-state index contributed by atoms with van der Waals surface area (Å²) in [4.78, 5) is 21.7. The normalized spacial score (nSPS) is 14.4. The summed E-state index contributed by atoms with van der Waals surface area (Å²) < 4.78 is 33.7. The Hall–Kier alpha value is -2.13. The molecule has 3 aromatic rings. The predicted octanol–water partition coefficient (Wildman–Crippen LogP) is 4.98. The van der Waals surface area contributed by atoms with Gasteiger partial charge in [0.1, 0.15) is 11.3 Å². The van der Waals surface area contributed by atoms with Crippen LogP contribution in [0.1, 0.15) is 27.9 Å². The number of benzene rings is 2. The van der Waals surface area contributed by atoms with Crippen molar-refractivity contribution >= 4 is 45.0 Å². The summed E-state index contributed by atoms with van der Waals surface area (Å²) in [6, 6.07) is 7.65. The van der Waals surface area contributed by atoms with Crippen molar-refractivity contribution in [2.24, 2.45) is 0 Å². The van der Waals surface area contributed by atoms with E-state index in [9.17, 15) is 13.6 Å². The van der Waals surface area contributed by atoms with Crippen LogP contribution < -0.4 is 4.90 Å². The van der Waals surface area contributed by atoms with E-state index in [0.717, 1.165) is 54.6 Å². The van der Waals surface area contributed by atoms with Gasteiger partial charge in [-0.1, -0.05) is 17.4 Å². The predicted molar refractivity (Wildman–Crippen MR) is 126 cm³/mol. The molecule has 0 unspecified atom stereocenters. The van der Waals surface area contributed by atoms with Gasteiger partial charge in [-0.25, -0.2) is 13.8 Å². The monoisotopic (exact) mass is 481 g/mol. The maximum Gasteiger partial charge on any atom is 0.260 e. The molecule has 1 aliphatic heterocycles. The van der Waals surface area contributed by atoms with Crippen molar-refractivity contribution in [3.05, 3.63) is 58.7 Å². The molecule has 1 aromatic heterocycles. The Balaban J connectivity index is 0.00000289. The van der Waals surface area contributed by atoms with Crippen molar-refractivity contribution in [1.82, 2.24) is 9.88 Å². The molecule has 0 spiro atoms. The van der Waals surface area contributed by atoms with Crippen molar-refractivity contribution in [1.29, 1.82) is 0 Å². The van der Waals surface area contributed by atoms with Gasteiger partial charge in [0.05, 0.1) is 17.9 Å². The second kappa shape index (κ2) is 10.7. The van der Waals surface area contributed by atoms with Gasteiger partial charge in [0, 0.05) is 37.8 Å². The molecule has 2 heterocycles. The van der Waals surface area contributed by atoms with Crippen molar-refractivity contribution < 1.29 is 18.3 Å². The fourth-order valence-electron chi connectivity index (χ4n) is 3.65. The zero-order chi connectivity index (χ0) is 22.0. The molecule has 1 fully saturated rings. The first-order chi connectivity index (χ1) is 14.9. The number of rotatable bonds is 6. The molecule has 0 atom stereocenters. The molecule has 0 radical (unpaired) electrons. The largest absolute Gasteiger partial charge is 0.379 e.